The number of carbonyl (C=O) groups is 1. The van der Waals surface area contributed by atoms with E-state index in [1.807, 2.05) is 0 Å². The first-order valence-electron chi connectivity index (χ1n) is 2.20. The molecule has 0 fully saturated rings. The zero-order valence-corrected chi connectivity index (χ0v) is 5.84. The quantitative estimate of drug-likeness (QED) is 0.453. The Kier molecular flexibility index (Phi) is 12.6. The maximum atomic E-state index is 9.43. The molecule has 3 heteroatoms. The van der Waals surface area contributed by atoms with Crippen LogP contribution in [0.4, 0.5) is 0 Å². The second kappa shape index (κ2) is 9.66. The normalized spacial score (nSPS) is 6.50. The number of hydrogen-bond acceptors (Lipinski definition) is 2. The molecule has 50 valence electrons. The fourth-order valence-corrected chi connectivity index (χ4v) is 0. The molecule has 0 aromatic heterocycles. The summed E-state index contributed by atoms with van der Waals surface area (Å²) in [5.74, 6) is 0. The molecule has 0 unspecified atom stereocenters. The average Bonchev–Trinajstić information content (AvgIpc) is 1.69. The largest absolute Gasteiger partial charge is 0.388 e. The fraction of sp³-hybridized carbons (Fsp3) is 0.800. The van der Waals surface area contributed by atoms with E-state index in [0.29, 0.717) is 0 Å². The van der Waals surface area contributed by atoms with Gasteiger partial charge in [0.1, 0.15) is 0 Å². The van der Waals surface area contributed by atoms with Crippen LogP contribution in [0.2, 0.25) is 0 Å². The minimum absolute atomic E-state index is 0.750. The lowest BCUT2D eigenvalue weighted by atomic mass is 11.0. The third kappa shape index (κ3) is 52.1. The molecule has 1 amide bonds. The fourth-order valence-electron chi connectivity index (χ4n) is 0. The predicted octanol–water partition coefficient (Wildman–Crippen LogP) is -0.0330. The van der Waals surface area contributed by atoms with Gasteiger partial charge in [-0.05, 0) is 0 Å². The number of methoxy groups -OCH3 is 1. The second-order valence-electron chi connectivity index (χ2n) is 1.48. The number of nitrogens with zero attached hydrogens (tertiary/aromatic N) is 1. The van der Waals surface area contributed by atoms with E-state index in [-0.39, 0.29) is 0 Å². The molecule has 0 spiro atoms. The lowest BCUT2D eigenvalue weighted by molar-refractivity contribution is -0.115. The van der Waals surface area contributed by atoms with Crippen molar-refractivity contribution < 1.29 is 9.53 Å². The van der Waals surface area contributed by atoms with Crippen molar-refractivity contribution in [3.8, 4) is 0 Å². The Hall–Kier alpha value is -0.570. The topological polar surface area (TPSA) is 29.5 Å². The molecule has 0 aliphatic carbocycles. The van der Waals surface area contributed by atoms with Crippen LogP contribution in [0.25, 0.3) is 0 Å². The Bertz CT molecular complexity index is 45.7. The summed E-state index contributed by atoms with van der Waals surface area (Å²) in [5.41, 5.74) is 0. The Labute approximate surface area is 50.2 Å². The molecular formula is C5H13NO2. The van der Waals surface area contributed by atoms with Crippen molar-refractivity contribution in [3.63, 3.8) is 0 Å². The van der Waals surface area contributed by atoms with E-state index in [0.717, 1.165) is 6.41 Å². The summed E-state index contributed by atoms with van der Waals surface area (Å²) in [7, 11) is 6.62. The molecule has 8 heavy (non-hydrogen) atoms. The lowest BCUT2D eigenvalue weighted by Gasteiger charge is -1.93. The molecule has 0 aromatic rings. The van der Waals surface area contributed by atoms with Crippen LogP contribution in [0.3, 0.4) is 0 Å². The molecule has 0 N–H and O–H groups in total. The highest BCUT2D eigenvalue weighted by atomic mass is 16.4. The number of carbonyl (C=O) groups excluding carboxylic acids is 1. The molecular weight excluding hydrogens is 106 g/mol. The van der Waals surface area contributed by atoms with E-state index >= 15 is 0 Å². The molecule has 0 atom stereocenters. The minimum Gasteiger partial charge on any atom is -0.388 e. The van der Waals surface area contributed by atoms with Crippen molar-refractivity contribution in [2.45, 2.75) is 0 Å². The second-order valence-corrected chi connectivity index (χ2v) is 1.48. The van der Waals surface area contributed by atoms with Gasteiger partial charge in [-0.3, -0.25) is 4.79 Å². The molecule has 0 saturated carbocycles. The van der Waals surface area contributed by atoms with E-state index in [2.05, 4.69) is 4.74 Å². The van der Waals surface area contributed by atoms with Crippen LogP contribution in [-0.2, 0) is 9.53 Å². The predicted molar refractivity (Wildman–Crippen MR) is 32.7 cm³/mol. The zero-order valence-electron chi connectivity index (χ0n) is 5.84. The van der Waals surface area contributed by atoms with Crippen LogP contribution in [-0.4, -0.2) is 39.6 Å². The molecule has 0 aromatic carbocycles. The number of ether oxygens (including phenoxy) is 1. The van der Waals surface area contributed by atoms with Gasteiger partial charge in [-0.15, -0.1) is 0 Å². The summed E-state index contributed by atoms with van der Waals surface area (Å²) in [6.07, 6.45) is 0.750. The Morgan fingerprint density at radius 3 is 1.50 bits per heavy atom. The lowest BCUT2D eigenvalue weighted by Crippen LogP contribution is -2.06. The number of hydrogen-bond donors (Lipinski definition) is 0. The third-order valence-electron chi connectivity index (χ3n) is 0.211. The molecule has 0 aliphatic rings. The summed E-state index contributed by atoms with van der Waals surface area (Å²) < 4.78 is 4.25. The molecule has 0 bridgehead atoms. The standard InChI is InChI=1S/C3H7NO.C2H6O/c1-4(2)3-5;1-3-2/h3H,1-2H3;1-2H3. The van der Waals surface area contributed by atoms with Gasteiger partial charge in [0.25, 0.3) is 0 Å². The Balaban J connectivity index is 0. The molecule has 0 radical (unpaired) electrons. The smallest absolute Gasteiger partial charge is 0.209 e. The summed E-state index contributed by atoms with van der Waals surface area (Å²) in [5, 5.41) is 0. The first kappa shape index (κ1) is 10.4. The summed E-state index contributed by atoms with van der Waals surface area (Å²) >= 11 is 0. The van der Waals surface area contributed by atoms with Gasteiger partial charge in [0.05, 0.1) is 0 Å². The molecule has 3 nitrogen and oxygen atoms in total. The van der Waals surface area contributed by atoms with Crippen molar-refractivity contribution in [2.24, 2.45) is 0 Å². The zero-order chi connectivity index (χ0) is 6.99. The first-order valence-corrected chi connectivity index (χ1v) is 2.20. The highest BCUT2D eigenvalue weighted by Gasteiger charge is 1.68. The van der Waals surface area contributed by atoms with Crippen molar-refractivity contribution in [2.75, 3.05) is 28.3 Å². The maximum Gasteiger partial charge on any atom is 0.209 e. The van der Waals surface area contributed by atoms with Gasteiger partial charge in [0.15, 0.2) is 0 Å². The molecule has 0 saturated heterocycles. The third-order valence-corrected chi connectivity index (χ3v) is 0.211. The van der Waals surface area contributed by atoms with Gasteiger partial charge in [0.2, 0.25) is 6.41 Å². The number of rotatable bonds is 1. The monoisotopic (exact) mass is 119 g/mol. The minimum atomic E-state index is 0.750. The van der Waals surface area contributed by atoms with Crippen LogP contribution in [0, 0.1) is 0 Å². The van der Waals surface area contributed by atoms with Crippen molar-refractivity contribution in [1.29, 1.82) is 0 Å². The van der Waals surface area contributed by atoms with E-state index in [9.17, 15) is 4.79 Å². The van der Waals surface area contributed by atoms with Crippen molar-refractivity contribution in [3.05, 3.63) is 0 Å². The van der Waals surface area contributed by atoms with E-state index in [1.165, 1.54) is 4.90 Å². The van der Waals surface area contributed by atoms with E-state index in [4.69, 9.17) is 0 Å². The van der Waals surface area contributed by atoms with Crippen LogP contribution >= 0.6 is 0 Å². The molecule has 0 heterocycles. The van der Waals surface area contributed by atoms with Crippen LogP contribution < -0.4 is 0 Å². The Morgan fingerprint density at radius 1 is 1.38 bits per heavy atom. The van der Waals surface area contributed by atoms with E-state index < -0.39 is 0 Å². The van der Waals surface area contributed by atoms with Gasteiger partial charge >= 0.3 is 0 Å². The van der Waals surface area contributed by atoms with Crippen LogP contribution in [0.5, 0.6) is 0 Å². The highest BCUT2D eigenvalue weighted by molar-refractivity contribution is 5.45. The number of amides is 1. The summed E-state index contributed by atoms with van der Waals surface area (Å²) in [4.78, 5) is 10.9. The maximum absolute atomic E-state index is 9.43. The van der Waals surface area contributed by atoms with E-state index in [1.54, 1.807) is 28.3 Å². The molecule has 0 rings (SSSR count). The van der Waals surface area contributed by atoms with Crippen molar-refractivity contribution >= 4 is 6.41 Å². The average molecular weight is 119 g/mol. The van der Waals surface area contributed by atoms with Gasteiger partial charge in [-0.25, -0.2) is 0 Å². The van der Waals surface area contributed by atoms with Gasteiger partial charge < -0.3 is 9.64 Å². The van der Waals surface area contributed by atoms with Gasteiger partial charge in [-0.1, -0.05) is 0 Å². The summed E-state index contributed by atoms with van der Waals surface area (Å²) in [6.45, 7) is 0. The highest BCUT2D eigenvalue weighted by Crippen LogP contribution is 1.52. The first-order chi connectivity index (χ1) is 3.68. The Morgan fingerprint density at radius 2 is 1.50 bits per heavy atom. The van der Waals surface area contributed by atoms with Gasteiger partial charge in [-0.2, -0.15) is 0 Å². The van der Waals surface area contributed by atoms with Crippen LogP contribution in [0.1, 0.15) is 0 Å². The summed E-state index contributed by atoms with van der Waals surface area (Å²) in [6, 6.07) is 0. The van der Waals surface area contributed by atoms with Gasteiger partial charge in [0, 0.05) is 28.3 Å². The molecule has 0 aliphatic heterocycles. The van der Waals surface area contributed by atoms with Crippen LogP contribution in [0.15, 0.2) is 0 Å². The SMILES string of the molecule is CN(C)C=O.COC. The van der Waals surface area contributed by atoms with Crippen molar-refractivity contribution in [1.82, 2.24) is 4.90 Å².